The number of hydrogen-bond donors (Lipinski definition) is 2. The van der Waals surface area contributed by atoms with E-state index in [-0.39, 0.29) is 11.4 Å². The lowest BCUT2D eigenvalue weighted by molar-refractivity contribution is -0.137. The van der Waals surface area contributed by atoms with E-state index < -0.39 is 5.60 Å². The number of amides is 1. The third-order valence-electron chi connectivity index (χ3n) is 3.01. The average Bonchev–Trinajstić information content (AvgIpc) is 2.11. The fraction of sp³-hybridized carbons (Fsp3) is 0.917. The van der Waals surface area contributed by atoms with Gasteiger partial charge in [-0.15, -0.1) is 0 Å². The summed E-state index contributed by atoms with van der Waals surface area (Å²) in [7, 11) is 0. The third kappa shape index (κ3) is 4.49. The van der Waals surface area contributed by atoms with Crippen LogP contribution in [0.5, 0.6) is 0 Å². The van der Waals surface area contributed by atoms with E-state index >= 15 is 0 Å². The number of nitrogens with two attached hydrogens (primary N) is 1. The molecule has 1 aliphatic rings. The molecule has 1 rings (SSSR count). The van der Waals surface area contributed by atoms with Crippen LogP contribution in [0.15, 0.2) is 0 Å². The number of hydrogen-bond acceptors (Lipinski definition) is 3. The minimum atomic E-state index is -0.716. The molecule has 1 atom stereocenters. The normalized spacial score (nSPS) is 26.9. The summed E-state index contributed by atoms with van der Waals surface area (Å²) in [5.41, 5.74) is 4.83. The van der Waals surface area contributed by atoms with Crippen molar-refractivity contribution in [2.45, 2.75) is 57.6 Å². The minimum absolute atomic E-state index is 0.110. The fourth-order valence-electron chi connectivity index (χ4n) is 2.02. The molecule has 1 fully saturated rings. The molecule has 1 saturated heterocycles. The predicted octanol–water partition coefficient (Wildman–Crippen LogP) is 0.877. The zero-order valence-corrected chi connectivity index (χ0v) is 10.6. The van der Waals surface area contributed by atoms with E-state index in [0.29, 0.717) is 19.4 Å². The van der Waals surface area contributed by atoms with E-state index in [1.807, 2.05) is 13.8 Å². The van der Waals surface area contributed by atoms with Crippen LogP contribution in [0.2, 0.25) is 0 Å². The van der Waals surface area contributed by atoms with Crippen LogP contribution in [0.1, 0.15) is 46.5 Å². The average molecular weight is 228 g/mol. The molecule has 1 aliphatic heterocycles. The first kappa shape index (κ1) is 13.5. The Hall–Kier alpha value is -0.610. The van der Waals surface area contributed by atoms with Gasteiger partial charge in [-0.1, -0.05) is 0 Å². The van der Waals surface area contributed by atoms with Crippen molar-refractivity contribution in [1.29, 1.82) is 0 Å². The van der Waals surface area contributed by atoms with Crippen LogP contribution in [-0.4, -0.2) is 40.1 Å². The van der Waals surface area contributed by atoms with Gasteiger partial charge in [0.15, 0.2) is 0 Å². The molecule has 0 aliphatic carbocycles. The van der Waals surface area contributed by atoms with Gasteiger partial charge in [0.1, 0.15) is 0 Å². The highest BCUT2D eigenvalue weighted by Gasteiger charge is 2.30. The zero-order chi connectivity index (χ0) is 12.4. The number of piperidine rings is 1. The summed E-state index contributed by atoms with van der Waals surface area (Å²) in [6.45, 7) is 6.86. The van der Waals surface area contributed by atoms with Crippen LogP contribution in [0.25, 0.3) is 0 Å². The number of aliphatic hydroxyl groups is 1. The van der Waals surface area contributed by atoms with Crippen molar-refractivity contribution in [3.05, 3.63) is 0 Å². The standard InChI is InChI=1S/C12H24N2O2/c1-11(2,13)7-5-10(15)14-8-4-6-12(3,16)9-14/h16H,4-9,13H2,1-3H3. The van der Waals surface area contributed by atoms with Crippen LogP contribution in [0.4, 0.5) is 0 Å². The van der Waals surface area contributed by atoms with Crippen molar-refractivity contribution in [2.24, 2.45) is 5.73 Å². The Bertz CT molecular complexity index is 256. The molecule has 3 N–H and O–H groups in total. The molecule has 1 heterocycles. The molecule has 1 unspecified atom stereocenters. The molecule has 0 radical (unpaired) electrons. The van der Waals surface area contributed by atoms with E-state index in [4.69, 9.17) is 5.73 Å². The summed E-state index contributed by atoms with van der Waals surface area (Å²) in [5.74, 6) is 0.110. The molecule has 0 aromatic carbocycles. The number of likely N-dealkylation sites (tertiary alicyclic amines) is 1. The van der Waals surface area contributed by atoms with Crippen molar-refractivity contribution < 1.29 is 9.90 Å². The van der Waals surface area contributed by atoms with Crippen molar-refractivity contribution in [3.8, 4) is 0 Å². The van der Waals surface area contributed by atoms with E-state index in [0.717, 1.165) is 19.4 Å². The third-order valence-corrected chi connectivity index (χ3v) is 3.01. The predicted molar refractivity (Wildman–Crippen MR) is 63.9 cm³/mol. The Labute approximate surface area is 97.8 Å². The molecule has 94 valence electrons. The summed E-state index contributed by atoms with van der Waals surface area (Å²) >= 11 is 0. The van der Waals surface area contributed by atoms with Crippen LogP contribution in [-0.2, 0) is 4.79 Å². The molecular formula is C12H24N2O2. The Kier molecular flexibility index (Phi) is 3.97. The van der Waals surface area contributed by atoms with Crippen LogP contribution < -0.4 is 5.73 Å². The van der Waals surface area contributed by atoms with Gasteiger partial charge in [-0.05, 0) is 40.0 Å². The summed E-state index contributed by atoms with van der Waals surface area (Å²) in [5, 5.41) is 9.90. The van der Waals surface area contributed by atoms with Gasteiger partial charge >= 0.3 is 0 Å². The van der Waals surface area contributed by atoms with Crippen LogP contribution in [0, 0.1) is 0 Å². The minimum Gasteiger partial charge on any atom is -0.388 e. The summed E-state index contributed by atoms with van der Waals surface area (Å²) in [6.07, 6.45) is 2.81. The molecule has 0 spiro atoms. The Morgan fingerprint density at radius 3 is 2.69 bits per heavy atom. The molecular weight excluding hydrogens is 204 g/mol. The fourth-order valence-corrected chi connectivity index (χ4v) is 2.02. The quantitative estimate of drug-likeness (QED) is 0.753. The maximum atomic E-state index is 11.9. The molecule has 0 aromatic heterocycles. The molecule has 0 bridgehead atoms. The van der Waals surface area contributed by atoms with E-state index in [9.17, 15) is 9.90 Å². The molecule has 0 aromatic rings. The van der Waals surface area contributed by atoms with E-state index in [1.165, 1.54) is 0 Å². The molecule has 0 saturated carbocycles. The summed E-state index contributed by atoms with van der Waals surface area (Å²) < 4.78 is 0. The summed E-state index contributed by atoms with van der Waals surface area (Å²) in [6, 6.07) is 0. The first-order valence-corrected chi connectivity index (χ1v) is 5.99. The zero-order valence-electron chi connectivity index (χ0n) is 10.6. The second-order valence-corrected chi connectivity index (χ2v) is 5.90. The first-order valence-electron chi connectivity index (χ1n) is 5.99. The van der Waals surface area contributed by atoms with Gasteiger partial charge in [-0.3, -0.25) is 4.79 Å². The van der Waals surface area contributed by atoms with Gasteiger partial charge < -0.3 is 15.7 Å². The highest BCUT2D eigenvalue weighted by Crippen LogP contribution is 2.21. The lowest BCUT2D eigenvalue weighted by Crippen LogP contribution is -2.49. The molecule has 16 heavy (non-hydrogen) atoms. The number of rotatable bonds is 3. The number of carbonyl (C=O) groups is 1. The Morgan fingerprint density at radius 1 is 1.56 bits per heavy atom. The van der Waals surface area contributed by atoms with Gasteiger partial charge in [0.05, 0.1) is 5.60 Å². The van der Waals surface area contributed by atoms with Crippen molar-refractivity contribution in [3.63, 3.8) is 0 Å². The largest absolute Gasteiger partial charge is 0.388 e. The summed E-state index contributed by atoms with van der Waals surface area (Å²) in [4.78, 5) is 13.7. The van der Waals surface area contributed by atoms with Crippen molar-refractivity contribution in [2.75, 3.05) is 13.1 Å². The van der Waals surface area contributed by atoms with Gasteiger partial charge in [0, 0.05) is 25.0 Å². The van der Waals surface area contributed by atoms with Crippen molar-refractivity contribution in [1.82, 2.24) is 4.90 Å². The Morgan fingerprint density at radius 2 is 2.19 bits per heavy atom. The van der Waals surface area contributed by atoms with Gasteiger partial charge in [-0.25, -0.2) is 0 Å². The molecule has 4 nitrogen and oxygen atoms in total. The SMILES string of the molecule is CC(C)(N)CCC(=O)N1CCCC(C)(O)C1. The van der Waals surface area contributed by atoms with Crippen LogP contribution in [0.3, 0.4) is 0 Å². The van der Waals surface area contributed by atoms with Gasteiger partial charge in [-0.2, -0.15) is 0 Å². The lowest BCUT2D eigenvalue weighted by Gasteiger charge is -2.37. The van der Waals surface area contributed by atoms with Crippen molar-refractivity contribution >= 4 is 5.91 Å². The number of nitrogens with zero attached hydrogens (tertiary/aromatic N) is 1. The first-order chi connectivity index (χ1) is 7.20. The maximum absolute atomic E-state index is 11.9. The highest BCUT2D eigenvalue weighted by molar-refractivity contribution is 5.76. The topological polar surface area (TPSA) is 66.6 Å². The lowest BCUT2D eigenvalue weighted by atomic mass is 9.94. The smallest absolute Gasteiger partial charge is 0.222 e. The van der Waals surface area contributed by atoms with Gasteiger partial charge in [0.2, 0.25) is 5.91 Å². The Balaban J connectivity index is 2.42. The van der Waals surface area contributed by atoms with Crippen LogP contribution >= 0.6 is 0 Å². The van der Waals surface area contributed by atoms with E-state index in [1.54, 1.807) is 11.8 Å². The highest BCUT2D eigenvalue weighted by atomic mass is 16.3. The monoisotopic (exact) mass is 228 g/mol. The maximum Gasteiger partial charge on any atom is 0.222 e. The van der Waals surface area contributed by atoms with Gasteiger partial charge in [0.25, 0.3) is 0 Å². The molecule has 1 amide bonds. The number of β-amino-alcohol motifs (C(OH)–C–C–N with tert-alkyl or cyclic N) is 1. The second-order valence-electron chi connectivity index (χ2n) is 5.90. The second kappa shape index (κ2) is 4.72. The number of carbonyl (C=O) groups excluding carboxylic acids is 1. The van der Waals surface area contributed by atoms with E-state index in [2.05, 4.69) is 0 Å². The molecule has 4 heteroatoms.